The maximum Gasteiger partial charge on any atom is 0.416 e. The lowest BCUT2D eigenvalue weighted by Crippen LogP contribution is -2.39. The maximum atomic E-state index is 12.9. The van der Waals surface area contributed by atoms with Gasteiger partial charge in [0, 0.05) is 11.6 Å². The smallest absolute Gasteiger partial charge is 0.416 e. The van der Waals surface area contributed by atoms with Crippen LogP contribution in [0.15, 0.2) is 48.5 Å². The predicted molar refractivity (Wildman–Crippen MR) is 92.1 cm³/mol. The summed E-state index contributed by atoms with van der Waals surface area (Å²) in [5.41, 5.74) is 0.525. The summed E-state index contributed by atoms with van der Waals surface area (Å²) in [6.07, 6.45) is -3.22. The van der Waals surface area contributed by atoms with Crippen molar-refractivity contribution in [1.29, 1.82) is 0 Å². The molecule has 2 atom stereocenters. The molecule has 0 aliphatic carbocycles. The molecule has 1 saturated heterocycles. The van der Waals surface area contributed by atoms with Crippen LogP contribution in [0, 0.1) is 0 Å². The molecule has 0 aromatic heterocycles. The van der Waals surface area contributed by atoms with Crippen LogP contribution in [0.25, 0.3) is 0 Å². The Bertz CT molecular complexity index is 792. The number of aliphatic carboxylic acids is 1. The average Bonchev–Trinajstić information content (AvgIpc) is 3.06. The zero-order valence-corrected chi connectivity index (χ0v) is 14.5. The molecule has 0 amide bonds. The molecule has 1 N–H and O–H groups in total. The van der Waals surface area contributed by atoms with Gasteiger partial charge in [0.25, 0.3) is 0 Å². The van der Waals surface area contributed by atoms with E-state index >= 15 is 0 Å². The molecule has 0 saturated carbocycles. The van der Waals surface area contributed by atoms with E-state index in [1.807, 2.05) is 0 Å². The van der Waals surface area contributed by atoms with Crippen molar-refractivity contribution in [1.82, 2.24) is 4.90 Å². The fourth-order valence-corrected chi connectivity index (χ4v) is 3.70. The van der Waals surface area contributed by atoms with Gasteiger partial charge in [0.15, 0.2) is 0 Å². The summed E-state index contributed by atoms with van der Waals surface area (Å²) in [7, 11) is 0. The van der Waals surface area contributed by atoms with Gasteiger partial charge in [-0.1, -0.05) is 41.9 Å². The summed E-state index contributed by atoms with van der Waals surface area (Å²) in [5.74, 6) is -0.938. The van der Waals surface area contributed by atoms with Gasteiger partial charge >= 0.3 is 12.1 Å². The highest BCUT2D eigenvalue weighted by atomic mass is 35.5. The Kier molecular flexibility index (Phi) is 5.25. The minimum absolute atomic E-state index is 0.452. The Labute approximate surface area is 154 Å². The number of halogens is 4. The van der Waals surface area contributed by atoms with Crippen LogP contribution in [0.4, 0.5) is 13.2 Å². The number of nitrogens with zero attached hydrogens (tertiary/aromatic N) is 1. The SMILES string of the molecule is O=C(O)C1CCCN1C(c1ccc(C(F)(F)F)cc1)c1ccccc1Cl. The van der Waals surface area contributed by atoms with Crippen molar-refractivity contribution < 1.29 is 23.1 Å². The maximum absolute atomic E-state index is 12.9. The third-order valence-corrected chi connectivity index (χ3v) is 5.01. The number of carboxylic acids is 1. The Morgan fingerprint density at radius 3 is 2.38 bits per heavy atom. The molecular weight excluding hydrogens is 367 g/mol. The fraction of sp³-hybridized carbons (Fsp3) is 0.316. The lowest BCUT2D eigenvalue weighted by atomic mass is 9.95. The number of hydrogen-bond donors (Lipinski definition) is 1. The highest BCUT2D eigenvalue weighted by Gasteiger charge is 2.38. The molecule has 1 heterocycles. The van der Waals surface area contributed by atoms with Crippen LogP contribution in [0.5, 0.6) is 0 Å². The zero-order valence-electron chi connectivity index (χ0n) is 13.7. The number of alkyl halides is 3. The van der Waals surface area contributed by atoms with Gasteiger partial charge in [-0.05, 0) is 42.2 Å². The molecule has 2 unspecified atom stereocenters. The molecule has 1 fully saturated rings. The topological polar surface area (TPSA) is 40.5 Å². The molecule has 2 aromatic rings. The zero-order chi connectivity index (χ0) is 18.9. The van der Waals surface area contributed by atoms with Gasteiger partial charge in [-0.15, -0.1) is 0 Å². The monoisotopic (exact) mass is 383 g/mol. The molecule has 3 nitrogen and oxygen atoms in total. The third-order valence-electron chi connectivity index (χ3n) is 4.66. The van der Waals surface area contributed by atoms with Crippen molar-refractivity contribution in [3.8, 4) is 0 Å². The summed E-state index contributed by atoms with van der Waals surface area (Å²) in [6.45, 7) is 0.536. The minimum Gasteiger partial charge on any atom is -0.480 e. The Balaban J connectivity index is 2.07. The van der Waals surface area contributed by atoms with Crippen molar-refractivity contribution in [2.24, 2.45) is 0 Å². The van der Waals surface area contributed by atoms with Crippen LogP contribution >= 0.6 is 11.6 Å². The van der Waals surface area contributed by atoms with Gasteiger partial charge < -0.3 is 5.11 Å². The normalized spacial score (nSPS) is 19.5. The lowest BCUT2D eigenvalue weighted by molar-refractivity contribution is -0.142. The third kappa shape index (κ3) is 3.71. The average molecular weight is 384 g/mol. The van der Waals surface area contributed by atoms with Crippen LogP contribution in [-0.2, 0) is 11.0 Å². The quantitative estimate of drug-likeness (QED) is 0.808. The number of carboxylic acid groups (broad SMARTS) is 1. The van der Waals surface area contributed by atoms with E-state index in [1.54, 1.807) is 29.2 Å². The Morgan fingerprint density at radius 1 is 1.15 bits per heavy atom. The molecule has 0 spiro atoms. The molecule has 0 radical (unpaired) electrons. The summed E-state index contributed by atoms with van der Waals surface area (Å²) in [6, 6.07) is 10.6. The first-order valence-corrected chi connectivity index (χ1v) is 8.57. The molecule has 138 valence electrons. The van der Waals surface area contributed by atoms with Gasteiger partial charge in [-0.2, -0.15) is 13.2 Å². The standard InChI is InChI=1S/C19H17ClF3NO2/c20-15-5-2-1-4-14(15)17(24-11-3-6-16(24)18(25)26)12-7-9-13(10-8-12)19(21,22)23/h1-2,4-5,7-10,16-17H,3,6,11H2,(H,25,26). The van der Waals surface area contributed by atoms with Crippen molar-refractivity contribution in [3.63, 3.8) is 0 Å². The molecule has 26 heavy (non-hydrogen) atoms. The van der Waals surface area contributed by atoms with E-state index in [4.69, 9.17) is 11.6 Å². The minimum atomic E-state index is -4.42. The van der Waals surface area contributed by atoms with E-state index in [2.05, 4.69) is 0 Å². The van der Waals surface area contributed by atoms with E-state index in [-0.39, 0.29) is 0 Å². The van der Waals surface area contributed by atoms with Crippen molar-refractivity contribution in [2.75, 3.05) is 6.54 Å². The molecule has 1 aliphatic rings. The summed E-state index contributed by atoms with van der Waals surface area (Å²) in [5, 5.41) is 9.98. The summed E-state index contributed by atoms with van der Waals surface area (Å²) < 4.78 is 38.6. The number of carbonyl (C=O) groups is 1. The molecule has 1 aliphatic heterocycles. The van der Waals surface area contributed by atoms with Gasteiger partial charge in [0.05, 0.1) is 11.6 Å². The number of likely N-dealkylation sites (tertiary alicyclic amines) is 1. The van der Waals surface area contributed by atoms with E-state index in [0.717, 1.165) is 12.1 Å². The van der Waals surface area contributed by atoms with Crippen molar-refractivity contribution >= 4 is 17.6 Å². The predicted octanol–water partition coefficient (Wildman–Crippen LogP) is 5.00. The van der Waals surface area contributed by atoms with Gasteiger partial charge in [-0.25, -0.2) is 0 Å². The largest absolute Gasteiger partial charge is 0.480 e. The van der Waals surface area contributed by atoms with Crippen LogP contribution in [0.3, 0.4) is 0 Å². The van der Waals surface area contributed by atoms with E-state index in [0.29, 0.717) is 35.5 Å². The van der Waals surface area contributed by atoms with Gasteiger partial charge in [-0.3, -0.25) is 9.69 Å². The van der Waals surface area contributed by atoms with Crippen LogP contribution in [0.1, 0.15) is 35.6 Å². The Morgan fingerprint density at radius 2 is 1.81 bits per heavy atom. The highest BCUT2D eigenvalue weighted by molar-refractivity contribution is 6.31. The van der Waals surface area contributed by atoms with Gasteiger partial charge in [0.2, 0.25) is 0 Å². The molecule has 7 heteroatoms. The number of hydrogen-bond acceptors (Lipinski definition) is 2. The van der Waals surface area contributed by atoms with E-state index in [1.165, 1.54) is 12.1 Å². The molecule has 3 rings (SSSR count). The second kappa shape index (κ2) is 7.29. The van der Waals surface area contributed by atoms with E-state index in [9.17, 15) is 23.1 Å². The Hall–Kier alpha value is -2.05. The number of benzene rings is 2. The lowest BCUT2D eigenvalue weighted by Gasteiger charge is -2.32. The summed E-state index contributed by atoms with van der Waals surface area (Å²) in [4.78, 5) is 13.4. The highest BCUT2D eigenvalue weighted by Crippen LogP contribution is 2.39. The first-order valence-electron chi connectivity index (χ1n) is 8.19. The molecular formula is C19H17ClF3NO2. The number of rotatable bonds is 4. The molecule has 0 bridgehead atoms. The first kappa shape index (κ1) is 18.7. The fourth-order valence-electron chi connectivity index (χ4n) is 3.46. The van der Waals surface area contributed by atoms with Crippen molar-refractivity contribution in [3.05, 3.63) is 70.2 Å². The molecule has 2 aromatic carbocycles. The van der Waals surface area contributed by atoms with E-state index < -0.39 is 29.8 Å². The van der Waals surface area contributed by atoms with Crippen LogP contribution < -0.4 is 0 Å². The first-order chi connectivity index (χ1) is 12.3. The second-order valence-corrected chi connectivity index (χ2v) is 6.69. The summed E-state index contributed by atoms with van der Waals surface area (Å²) >= 11 is 6.32. The van der Waals surface area contributed by atoms with Crippen molar-refractivity contribution in [2.45, 2.75) is 31.1 Å². The second-order valence-electron chi connectivity index (χ2n) is 6.28. The van der Waals surface area contributed by atoms with Crippen LogP contribution in [-0.4, -0.2) is 28.6 Å². The van der Waals surface area contributed by atoms with Gasteiger partial charge in [0.1, 0.15) is 6.04 Å². The van der Waals surface area contributed by atoms with Crippen LogP contribution in [0.2, 0.25) is 5.02 Å².